The van der Waals surface area contributed by atoms with Crippen molar-refractivity contribution in [2.75, 3.05) is 13.2 Å². The van der Waals surface area contributed by atoms with E-state index in [1.807, 2.05) is 0 Å². The summed E-state index contributed by atoms with van der Waals surface area (Å²) >= 11 is 7.16. The number of hydrogen-bond acceptors (Lipinski definition) is 2. The molecule has 2 nitrogen and oxygen atoms in total. The van der Waals surface area contributed by atoms with Gasteiger partial charge < -0.3 is 10.1 Å². The molecular formula is C15H23Br2NO. The van der Waals surface area contributed by atoms with Crippen LogP contribution in [0, 0.1) is 5.92 Å². The van der Waals surface area contributed by atoms with E-state index >= 15 is 0 Å². The van der Waals surface area contributed by atoms with Gasteiger partial charge in [0, 0.05) is 6.54 Å². The smallest absolute Gasteiger partial charge is 0.147 e. The first-order valence-corrected chi connectivity index (χ1v) is 8.44. The van der Waals surface area contributed by atoms with Gasteiger partial charge in [0.1, 0.15) is 5.75 Å². The molecule has 0 fully saturated rings. The molecule has 0 aliphatic carbocycles. The van der Waals surface area contributed by atoms with Crippen molar-refractivity contribution in [2.45, 2.75) is 40.2 Å². The SMILES string of the molecule is CCCOc1c(Br)cc(CNCCC(C)C)cc1Br. The average Bonchev–Trinajstić information content (AvgIpc) is 2.33. The van der Waals surface area contributed by atoms with Crippen molar-refractivity contribution >= 4 is 31.9 Å². The van der Waals surface area contributed by atoms with Gasteiger partial charge in [-0.2, -0.15) is 0 Å². The molecule has 1 rings (SSSR count). The summed E-state index contributed by atoms with van der Waals surface area (Å²) in [5.41, 5.74) is 1.26. The summed E-state index contributed by atoms with van der Waals surface area (Å²) < 4.78 is 7.74. The minimum Gasteiger partial charge on any atom is -0.491 e. The zero-order valence-corrected chi connectivity index (χ0v) is 15.1. The van der Waals surface area contributed by atoms with Gasteiger partial charge in [-0.15, -0.1) is 0 Å². The van der Waals surface area contributed by atoms with Gasteiger partial charge >= 0.3 is 0 Å². The highest BCUT2D eigenvalue weighted by atomic mass is 79.9. The third kappa shape index (κ3) is 6.28. The summed E-state index contributed by atoms with van der Waals surface area (Å²) in [5, 5.41) is 3.47. The topological polar surface area (TPSA) is 21.3 Å². The van der Waals surface area contributed by atoms with Crippen molar-refractivity contribution < 1.29 is 4.74 Å². The Hall–Kier alpha value is -0.0600. The van der Waals surface area contributed by atoms with Crippen LogP contribution in [0.25, 0.3) is 0 Å². The van der Waals surface area contributed by atoms with Gasteiger partial charge in [-0.3, -0.25) is 0 Å². The molecule has 0 saturated heterocycles. The number of hydrogen-bond donors (Lipinski definition) is 1. The van der Waals surface area contributed by atoms with Crippen molar-refractivity contribution in [1.82, 2.24) is 5.32 Å². The predicted molar refractivity (Wildman–Crippen MR) is 88.8 cm³/mol. The molecular weight excluding hydrogens is 370 g/mol. The molecule has 19 heavy (non-hydrogen) atoms. The van der Waals surface area contributed by atoms with E-state index in [-0.39, 0.29) is 0 Å². The summed E-state index contributed by atoms with van der Waals surface area (Å²) in [6.45, 7) is 9.28. The van der Waals surface area contributed by atoms with Gasteiger partial charge in [-0.1, -0.05) is 20.8 Å². The van der Waals surface area contributed by atoms with E-state index in [1.54, 1.807) is 0 Å². The molecule has 4 heteroatoms. The molecule has 1 N–H and O–H groups in total. The molecule has 1 aromatic carbocycles. The van der Waals surface area contributed by atoms with Crippen molar-refractivity contribution in [3.63, 3.8) is 0 Å². The molecule has 0 saturated carbocycles. The van der Waals surface area contributed by atoms with Crippen LogP contribution < -0.4 is 10.1 Å². The number of halogens is 2. The second-order valence-electron chi connectivity index (χ2n) is 5.10. The Kier molecular flexibility index (Phi) is 8.03. The van der Waals surface area contributed by atoms with E-state index < -0.39 is 0 Å². The Morgan fingerprint density at radius 2 is 1.84 bits per heavy atom. The maximum Gasteiger partial charge on any atom is 0.147 e. The minimum absolute atomic E-state index is 0.739. The van der Waals surface area contributed by atoms with Crippen LogP contribution >= 0.6 is 31.9 Å². The Morgan fingerprint density at radius 1 is 1.21 bits per heavy atom. The fourth-order valence-electron chi connectivity index (χ4n) is 1.68. The third-order valence-corrected chi connectivity index (χ3v) is 3.91. The summed E-state index contributed by atoms with van der Waals surface area (Å²) in [7, 11) is 0. The van der Waals surface area contributed by atoms with Gasteiger partial charge in [0.2, 0.25) is 0 Å². The van der Waals surface area contributed by atoms with E-state index in [9.17, 15) is 0 Å². The number of benzene rings is 1. The Labute approximate surface area is 133 Å². The van der Waals surface area contributed by atoms with Crippen molar-refractivity contribution in [3.05, 3.63) is 26.6 Å². The van der Waals surface area contributed by atoms with E-state index in [2.05, 4.69) is 70.1 Å². The maximum atomic E-state index is 5.71. The molecule has 0 aliphatic heterocycles. The predicted octanol–water partition coefficient (Wildman–Crippen LogP) is 5.14. The Bertz CT molecular complexity index is 371. The van der Waals surface area contributed by atoms with Crippen LogP contribution in [0.4, 0.5) is 0 Å². The second-order valence-corrected chi connectivity index (χ2v) is 6.81. The van der Waals surface area contributed by atoms with E-state index in [0.717, 1.165) is 46.7 Å². The summed E-state index contributed by atoms with van der Waals surface area (Å²) in [6, 6.07) is 4.25. The Balaban J connectivity index is 2.56. The van der Waals surface area contributed by atoms with Gasteiger partial charge in [0.05, 0.1) is 15.6 Å². The molecule has 0 spiro atoms. The van der Waals surface area contributed by atoms with Gasteiger partial charge in [-0.25, -0.2) is 0 Å². The number of ether oxygens (including phenoxy) is 1. The van der Waals surface area contributed by atoms with Crippen LogP contribution in [0.1, 0.15) is 39.2 Å². The zero-order valence-electron chi connectivity index (χ0n) is 11.9. The first-order chi connectivity index (χ1) is 9.04. The lowest BCUT2D eigenvalue weighted by Crippen LogP contribution is -2.16. The minimum atomic E-state index is 0.739. The van der Waals surface area contributed by atoms with E-state index in [4.69, 9.17) is 4.74 Å². The summed E-state index contributed by atoms with van der Waals surface area (Å²) in [4.78, 5) is 0. The van der Waals surface area contributed by atoms with Crippen molar-refractivity contribution in [1.29, 1.82) is 0 Å². The number of nitrogens with one attached hydrogen (secondary N) is 1. The zero-order chi connectivity index (χ0) is 14.3. The van der Waals surface area contributed by atoms with E-state index in [0.29, 0.717) is 0 Å². The molecule has 0 aromatic heterocycles. The summed E-state index contributed by atoms with van der Waals surface area (Å²) in [6.07, 6.45) is 2.22. The van der Waals surface area contributed by atoms with Crippen molar-refractivity contribution in [3.8, 4) is 5.75 Å². The first-order valence-electron chi connectivity index (χ1n) is 6.86. The highest BCUT2D eigenvalue weighted by Crippen LogP contribution is 2.34. The van der Waals surface area contributed by atoms with Crippen LogP contribution in [0.2, 0.25) is 0 Å². The van der Waals surface area contributed by atoms with Crippen molar-refractivity contribution in [2.24, 2.45) is 5.92 Å². The molecule has 1 aromatic rings. The molecule has 0 unspecified atom stereocenters. The molecule has 0 radical (unpaired) electrons. The second kappa shape index (κ2) is 8.98. The van der Waals surface area contributed by atoms with E-state index in [1.165, 1.54) is 12.0 Å². The van der Waals surface area contributed by atoms with Gasteiger partial charge in [-0.05, 0) is 74.9 Å². The average molecular weight is 393 g/mol. The fourth-order valence-corrected chi connectivity index (χ4v) is 3.19. The lowest BCUT2D eigenvalue weighted by Gasteiger charge is -2.12. The maximum absolute atomic E-state index is 5.71. The normalized spacial score (nSPS) is 11.1. The highest BCUT2D eigenvalue weighted by molar-refractivity contribution is 9.11. The lowest BCUT2D eigenvalue weighted by molar-refractivity contribution is 0.313. The fraction of sp³-hybridized carbons (Fsp3) is 0.600. The lowest BCUT2D eigenvalue weighted by atomic mass is 10.1. The largest absolute Gasteiger partial charge is 0.491 e. The Morgan fingerprint density at radius 3 is 2.37 bits per heavy atom. The van der Waals surface area contributed by atoms with Crippen LogP contribution in [-0.4, -0.2) is 13.2 Å². The first kappa shape index (κ1) is 17.0. The molecule has 0 aliphatic rings. The summed E-state index contributed by atoms with van der Waals surface area (Å²) in [5.74, 6) is 1.64. The van der Waals surface area contributed by atoms with Gasteiger partial charge in [0.25, 0.3) is 0 Å². The molecule has 108 valence electrons. The molecule has 0 amide bonds. The van der Waals surface area contributed by atoms with Crippen LogP contribution in [0.5, 0.6) is 5.75 Å². The monoisotopic (exact) mass is 391 g/mol. The highest BCUT2D eigenvalue weighted by Gasteiger charge is 2.08. The molecule has 0 heterocycles. The van der Waals surface area contributed by atoms with Crippen LogP contribution in [0.3, 0.4) is 0 Å². The van der Waals surface area contributed by atoms with Crippen LogP contribution in [0.15, 0.2) is 21.1 Å². The molecule has 0 atom stereocenters. The standard InChI is InChI=1S/C15H23Br2NO/c1-4-7-19-15-13(16)8-12(9-14(15)17)10-18-6-5-11(2)3/h8-9,11,18H,4-7,10H2,1-3H3. The third-order valence-electron chi connectivity index (χ3n) is 2.74. The molecule has 0 bridgehead atoms. The number of rotatable bonds is 8. The van der Waals surface area contributed by atoms with Gasteiger partial charge in [0.15, 0.2) is 0 Å². The quantitative estimate of drug-likeness (QED) is 0.618. The van der Waals surface area contributed by atoms with Crippen LogP contribution in [-0.2, 0) is 6.54 Å².